The topological polar surface area (TPSA) is 32.7 Å². The van der Waals surface area contributed by atoms with E-state index >= 15 is 0 Å². The predicted molar refractivity (Wildman–Crippen MR) is 96.7 cm³/mol. The molecule has 3 rings (SSSR count). The van der Waals surface area contributed by atoms with Crippen LogP contribution in [0.2, 0.25) is 0 Å². The van der Waals surface area contributed by atoms with Gasteiger partial charge in [-0.25, -0.2) is 4.39 Å². The minimum atomic E-state index is -0.333. The molecule has 0 atom stereocenters. The van der Waals surface area contributed by atoms with E-state index in [9.17, 15) is 9.18 Å². The summed E-state index contributed by atoms with van der Waals surface area (Å²) in [4.78, 5) is 18.7. The second-order valence-electron chi connectivity index (χ2n) is 5.56. The van der Waals surface area contributed by atoms with Crippen molar-refractivity contribution in [2.75, 3.05) is 18.8 Å². The first kappa shape index (κ1) is 16.7. The summed E-state index contributed by atoms with van der Waals surface area (Å²) in [6.45, 7) is 1.29. The lowest BCUT2D eigenvalue weighted by atomic mass is 10.1. The van der Waals surface area contributed by atoms with Gasteiger partial charge >= 0.3 is 0 Å². The Hall–Kier alpha value is -2.14. The van der Waals surface area contributed by atoms with Gasteiger partial charge in [0, 0.05) is 18.8 Å². The summed E-state index contributed by atoms with van der Waals surface area (Å²) in [7, 11) is 0. The largest absolute Gasteiger partial charge is 0.290 e. The third-order valence-corrected chi connectivity index (χ3v) is 4.86. The number of hydrogen-bond donors (Lipinski definition) is 0. The first-order valence-corrected chi connectivity index (χ1v) is 8.97. The van der Waals surface area contributed by atoms with E-state index in [1.165, 1.54) is 11.6 Å². The number of amidine groups is 1. The Morgan fingerprint density at radius 1 is 1.12 bits per heavy atom. The predicted octanol–water partition coefficient (Wildman–Crippen LogP) is 3.54. The molecule has 0 spiro atoms. The van der Waals surface area contributed by atoms with Crippen LogP contribution in [-0.2, 0) is 17.6 Å². The van der Waals surface area contributed by atoms with E-state index < -0.39 is 0 Å². The molecule has 0 unspecified atom stereocenters. The number of halogens is 1. The molecule has 1 saturated heterocycles. The zero-order valence-electron chi connectivity index (χ0n) is 13.3. The molecule has 1 heterocycles. The third kappa shape index (κ3) is 4.23. The highest BCUT2D eigenvalue weighted by Crippen LogP contribution is 2.20. The molecule has 0 aromatic heterocycles. The molecule has 5 heteroatoms. The number of amides is 1. The van der Waals surface area contributed by atoms with Crippen LogP contribution in [0.15, 0.2) is 59.6 Å². The third-order valence-electron chi connectivity index (χ3n) is 3.87. The molecule has 1 amide bonds. The Kier molecular flexibility index (Phi) is 5.64. The Bertz CT molecular complexity index is 733. The molecule has 0 radical (unpaired) electrons. The lowest BCUT2D eigenvalue weighted by molar-refractivity contribution is -0.126. The molecule has 124 valence electrons. The summed E-state index contributed by atoms with van der Waals surface area (Å²) in [5.41, 5.74) is 1.66. The number of aliphatic imine (C=N–C) groups is 1. The van der Waals surface area contributed by atoms with Crippen molar-refractivity contribution in [3.63, 3.8) is 0 Å². The Balaban J connectivity index is 1.61. The van der Waals surface area contributed by atoms with Crippen LogP contribution in [0.25, 0.3) is 0 Å². The Labute approximate surface area is 145 Å². The van der Waals surface area contributed by atoms with Gasteiger partial charge in [0.2, 0.25) is 5.91 Å². The molecule has 1 aliphatic heterocycles. The average Bonchev–Trinajstić information content (AvgIpc) is 3.06. The number of hydrogen-bond acceptors (Lipinski definition) is 3. The maximum Gasteiger partial charge on any atom is 0.233 e. The SMILES string of the molecule is O=C(Cc1ccccc1F)N1CCSC1=NCCc1ccccc1. The summed E-state index contributed by atoms with van der Waals surface area (Å²) in [6.07, 6.45) is 0.922. The summed E-state index contributed by atoms with van der Waals surface area (Å²) >= 11 is 1.59. The minimum absolute atomic E-state index is 0.0743. The van der Waals surface area contributed by atoms with Crippen molar-refractivity contribution in [3.05, 3.63) is 71.5 Å². The number of carbonyl (C=O) groups excluding carboxylic acids is 1. The summed E-state index contributed by atoms with van der Waals surface area (Å²) in [6, 6.07) is 16.6. The van der Waals surface area contributed by atoms with Gasteiger partial charge < -0.3 is 0 Å². The number of carbonyl (C=O) groups is 1. The molecule has 0 N–H and O–H groups in total. The number of rotatable bonds is 5. The van der Waals surface area contributed by atoms with Crippen LogP contribution in [-0.4, -0.2) is 34.8 Å². The fourth-order valence-corrected chi connectivity index (χ4v) is 3.58. The standard InChI is InChI=1S/C19H19FN2OS/c20-17-9-5-4-8-16(17)14-18(23)22-12-13-24-19(22)21-11-10-15-6-2-1-3-7-15/h1-9H,10-14H2. The van der Waals surface area contributed by atoms with E-state index in [0.717, 1.165) is 17.3 Å². The van der Waals surface area contributed by atoms with Gasteiger partial charge in [0.15, 0.2) is 5.17 Å². The van der Waals surface area contributed by atoms with Crippen molar-refractivity contribution in [3.8, 4) is 0 Å². The quantitative estimate of drug-likeness (QED) is 0.832. The van der Waals surface area contributed by atoms with Gasteiger partial charge in [0.1, 0.15) is 5.82 Å². The maximum absolute atomic E-state index is 13.7. The summed E-state index contributed by atoms with van der Waals surface area (Å²) < 4.78 is 13.7. The maximum atomic E-state index is 13.7. The monoisotopic (exact) mass is 342 g/mol. The fraction of sp³-hybridized carbons (Fsp3) is 0.263. The van der Waals surface area contributed by atoms with Crippen molar-refractivity contribution in [1.29, 1.82) is 0 Å². The molecular formula is C19H19FN2OS. The molecule has 0 aliphatic carbocycles. The number of benzene rings is 2. The average molecular weight is 342 g/mol. The zero-order valence-corrected chi connectivity index (χ0v) is 14.1. The van der Waals surface area contributed by atoms with E-state index in [1.54, 1.807) is 34.9 Å². The second-order valence-corrected chi connectivity index (χ2v) is 6.62. The van der Waals surface area contributed by atoms with Gasteiger partial charge in [-0.3, -0.25) is 14.7 Å². The summed E-state index contributed by atoms with van der Waals surface area (Å²) in [5.74, 6) is 0.413. The number of thioether (sulfide) groups is 1. The molecule has 1 fully saturated rings. The Morgan fingerprint density at radius 3 is 2.67 bits per heavy atom. The second kappa shape index (κ2) is 8.11. The van der Waals surface area contributed by atoms with Crippen molar-refractivity contribution in [1.82, 2.24) is 4.90 Å². The van der Waals surface area contributed by atoms with E-state index in [-0.39, 0.29) is 18.1 Å². The van der Waals surface area contributed by atoms with Crippen LogP contribution >= 0.6 is 11.8 Å². The van der Waals surface area contributed by atoms with Gasteiger partial charge in [0.25, 0.3) is 0 Å². The minimum Gasteiger partial charge on any atom is -0.290 e. The smallest absolute Gasteiger partial charge is 0.233 e. The van der Waals surface area contributed by atoms with Gasteiger partial charge in [0.05, 0.1) is 6.42 Å². The van der Waals surface area contributed by atoms with Crippen LogP contribution in [0.1, 0.15) is 11.1 Å². The van der Waals surface area contributed by atoms with Crippen LogP contribution in [0.5, 0.6) is 0 Å². The molecule has 1 aliphatic rings. The van der Waals surface area contributed by atoms with E-state index in [1.807, 2.05) is 18.2 Å². The van der Waals surface area contributed by atoms with E-state index in [0.29, 0.717) is 18.7 Å². The lowest BCUT2D eigenvalue weighted by Gasteiger charge is -2.16. The van der Waals surface area contributed by atoms with Crippen molar-refractivity contribution >= 4 is 22.8 Å². The number of nitrogens with zero attached hydrogens (tertiary/aromatic N) is 2. The fourth-order valence-electron chi connectivity index (χ4n) is 2.59. The van der Waals surface area contributed by atoms with Crippen molar-refractivity contribution in [2.45, 2.75) is 12.8 Å². The summed E-state index contributed by atoms with van der Waals surface area (Å²) in [5, 5.41) is 0.757. The zero-order chi connectivity index (χ0) is 16.8. The van der Waals surface area contributed by atoms with E-state index in [2.05, 4.69) is 17.1 Å². The van der Waals surface area contributed by atoms with Crippen LogP contribution < -0.4 is 0 Å². The molecule has 0 bridgehead atoms. The highest BCUT2D eigenvalue weighted by Gasteiger charge is 2.25. The van der Waals surface area contributed by atoms with E-state index in [4.69, 9.17) is 0 Å². The normalized spacial score (nSPS) is 15.9. The molecular weight excluding hydrogens is 323 g/mol. The first-order chi connectivity index (χ1) is 11.7. The molecule has 0 saturated carbocycles. The van der Waals surface area contributed by atoms with Gasteiger partial charge in [-0.2, -0.15) is 0 Å². The highest BCUT2D eigenvalue weighted by atomic mass is 32.2. The van der Waals surface area contributed by atoms with Crippen LogP contribution in [0.4, 0.5) is 4.39 Å². The highest BCUT2D eigenvalue weighted by molar-refractivity contribution is 8.14. The first-order valence-electron chi connectivity index (χ1n) is 7.99. The van der Waals surface area contributed by atoms with Crippen LogP contribution in [0, 0.1) is 5.82 Å². The van der Waals surface area contributed by atoms with Gasteiger partial charge in [-0.1, -0.05) is 60.3 Å². The van der Waals surface area contributed by atoms with Crippen LogP contribution in [0.3, 0.4) is 0 Å². The molecule has 3 nitrogen and oxygen atoms in total. The molecule has 2 aromatic carbocycles. The molecule has 24 heavy (non-hydrogen) atoms. The van der Waals surface area contributed by atoms with Crippen molar-refractivity contribution < 1.29 is 9.18 Å². The Morgan fingerprint density at radius 2 is 1.88 bits per heavy atom. The molecule has 2 aromatic rings. The lowest BCUT2D eigenvalue weighted by Crippen LogP contribution is -2.33. The van der Waals surface area contributed by atoms with Gasteiger partial charge in [-0.05, 0) is 23.6 Å². The van der Waals surface area contributed by atoms with Crippen molar-refractivity contribution in [2.24, 2.45) is 4.99 Å². The van der Waals surface area contributed by atoms with Gasteiger partial charge in [-0.15, -0.1) is 0 Å².